The van der Waals surface area contributed by atoms with E-state index in [1.165, 1.54) is 19.3 Å². The zero-order chi connectivity index (χ0) is 9.97. The van der Waals surface area contributed by atoms with Crippen molar-refractivity contribution in [1.29, 1.82) is 0 Å². The molecule has 0 atom stereocenters. The fraction of sp³-hybridized carbons (Fsp3) is 0.556. The molecule has 1 fully saturated rings. The molecule has 1 aromatic rings. The lowest BCUT2D eigenvalue weighted by molar-refractivity contribution is 0.568. The van der Waals surface area contributed by atoms with Crippen molar-refractivity contribution in [2.24, 2.45) is 0 Å². The molecule has 2 rings (SSSR count). The lowest BCUT2D eigenvalue weighted by Crippen LogP contribution is -2.31. The van der Waals surface area contributed by atoms with Gasteiger partial charge in [-0.05, 0) is 19.3 Å². The summed E-state index contributed by atoms with van der Waals surface area (Å²) in [5, 5.41) is 0.415. The molecule has 76 valence electrons. The third kappa shape index (κ3) is 2.07. The summed E-state index contributed by atoms with van der Waals surface area (Å²) in [6, 6.07) is 1.56. The standard InChI is InChI=1S/C9H13ClN4/c10-7-6-8(11)13-9(12-7)14-4-2-1-3-5-14/h6H,1-5H2,(H2,11,12,13). The van der Waals surface area contributed by atoms with Crippen molar-refractivity contribution in [3.05, 3.63) is 11.2 Å². The minimum atomic E-state index is 0.415. The van der Waals surface area contributed by atoms with Gasteiger partial charge in [0.15, 0.2) is 0 Å². The monoisotopic (exact) mass is 212 g/mol. The van der Waals surface area contributed by atoms with Crippen LogP contribution in [0.5, 0.6) is 0 Å². The summed E-state index contributed by atoms with van der Waals surface area (Å²) >= 11 is 5.81. The maximum Gasteiger partial charge on any atom is 0.228 e. The second-order valence-corrected chi connectivity index (χ2v) is 3.85. The van der Waals surface area contributed by atoms with Gasteiger partial charge in [-0.1, -0.05) is 11.6 Å². The average molecular weight is 213 g/mol. The van der Waals surface area contributed by atoms with Crippen molar-refractivity contribution in [2.75, 3.05) is 23.7 Å². The molecule has 1 aliphatic heterocycles. The van der Waals surface area contributed by atoms with Crippen LogP contribution in [0.3, 0.4) is 0 Å². The van der Waals surface area contributed by atoms with Gasteiger partial charge in [-0.2, -0.15) is 4.98 Å². The second kappa shape index (κ2) is 4.00. The van der Waals surface area contributed by atoms with Crippen LogP contribution in [0.1, 0.15) is 19.3 Å². The number of hydrogen-bond donors (Lipinski definition) is 1. The summed E-state index contributed by atoms with van der Waals surface area (Å²) in [6.45, 7) is 2.00. The van der Waals surface area contributed by atoms with E-state index in [1.807, 2.05) is 0 Å². The Kier molecular flexibility index (Phi) is 2.72. The zero-order valence-corrected chi connectivity index (χ0v) is 8.67. The normalized spacial score (nSPS) is 17.1. The van der Waals surface area contributed by atoms with E-state index in [9.17, 15) is 0 Å². The highest BCUT2D eigenvalue weighted by Gasteiger charge is 2.14. The number of halogens is 1. The van der Waals surface area contributed by atoms with Crippen molar-refractivity contribution < 1.29 is 0 Å². The van der Waals surface area contributed by atoms with E-state index in [0.717, 1.165) is 13.1 Å². The first kappa shape index (κ1) is 9.52. The fourth-order valence-electron chi connectivity index (χ4n) is 1.66. The van der Waals surface area contributed by atoms with Gasteiger partial charge in [0.05, 0.1) is 0 Å². The molecule has 4 nitrogen and oxygen atoms in total. The van der Waals surface area contributed by atoms with Gasteiger partial charge in [0, 0.05) is 19.2 Å². The summed E-state index contributed by atoms with van der Waals surface area (Å²) in [7, 11) is 0. The molecule has 1 aliphatic rings. The summed E-state index contributed by atoms with van der Waals surface area (Å²) in [6.07, 6.45) is 3.66. The highest BCUT2D eigenvalue weighted by molar-refractivity contribution is 6.29. The fourth-order valence-corrected chi connectivity index (χ4v) is 1.85. The number of rotatable bonds is 1. The van der Waals surface area contributed by atoms with Crippen LogP contribution in [-0.2, 0) is 0 Å². The Balaban J connectivity index is 2.21. The van der Waals surface area contributed by atoms with Crippen LogP contribution in [-0.4, -0.2) is 23.1 Å². The Labute approximate surface area is 88.1 Å². The van der Waals surface area contributed by atoms with Crippen LogP contribution < -0.4 is 10.6 Å². The van der Waals surface area contributed by atoms with E-state index >= 15 is 0 Å². The molecule has 1 aromatic heterocycles. The Morgan fingerprint density at radius 2 is 1.93 bits per heavy atom. The summed E-state index contributed by atoms with van der Waals surface area (Å²) < 4.78 is 0. The molecule has 0 aromatic carbocycles. The van der Waals surface area contributed by atoms with Gasteiger partial charge >= 0.3 is 0 Å². The maximum atomic E-state index is 5.81. The Morgan fingerprint density at radius 1 is 1.21 bits per heavy atom. The van der Waals surface area contributed by atoms with E-state index in [1.54, 1.807) is 6.07 Å². The third-order valence-corrected chi connectivity index (χ3v) is 2.54. The first-order valence-electron chi connectivity index (χ1n) is 4.81. The average Bonchev–Trinajstić information content (AvgIpc) is 2.18. The molecular formula is C9H13ClN4. The van der Waals surface area contributed by atoms with Crippen molar-refractivity contribution in [2.45, 2.75) is 19.3 Å². The SMILES string of the molecule is Nc1cc(Cl)nc(N2CCCCC2)n1. The van der Waals surface area contributed by atoms with Crippen molar-refractivity contribution in [3.63, 3.8) is 0 Å². The van der Waals surface area contributed by atoms with Gasteiger partial charge in [0.1, 0.15) is 11.0 Å². The van der Waals surface area contributed by atoms with E-state index in [2.05, 4.69) is 14.9 Å². The van der Waals surface area contributed by atoms with Gasteiger partial charge in [-0.15, -0.1) is 0 Å². The molecule has 0 bridgehead atoms. The quantitative estimate of drug-likeness (QED) is 0.720. The van der Waals surface area contributed by atoms with Crippen LogP contribution in [0, 0.1) is 0 Å². The molecule has 2 N–H and O–H groups in total. The van der Waals surface area contributed by atoms with Crippen LogP contribution >= 0.6 is 11.6 Å². The lowest BCUT2D eigenvalue weighted by Gasteiger charge is -2.26. The number of piperidine rings is 1. The molecule has 2 heterocycles. The molecule has 0 radical (unpaired) electrons. The summed E-state index contributed by atoms with van der Waals surface area (Å²) in [4.78, 5) is 10.5. The third-order valence-electron chi connectivity index (χ3n) is 2.34. The van der Waals surface area contributed by atoms with Crippen LogP contribution in [0.4, 0.5) is 11.8 Å². The molecule has 0 aliphatic carbocycles. The van der Waals surface area contributed by atoms with E-state index in [-0.39, 0.29) is 0 Å². The topological polar surface area (TPSA) is 55.0 Å². The van der Waals surface area contributed by atoms with Crippen LogP contribution in [0.2, 0.25) is 5.15 Å². The van der Waals surface area contributed by atoms with Gasteiger partial charge in [0.25, 0.3) is 0 Å². The minimum absolute atomic E-state index is 0.415. The molecular weight excluding hydrogens is 200 g/mol. The zero-order valence-electron chi connectivity index (χ0n) is 7.91. The molecule has 0 unspecified atom stereocenters. The Morgan fingerprint density at radius 3 is 2.57 bits per heavy atom. The lowest BCUT2D eigenvalue weighted by atomic mass is 10.1. The van der Waals surface area contributed by atoms with E-state index in [0.29, 0.717) is 16.9 Å². The van der Waals surface area contributed by atoms with Crippen molar-refractivity contribution >= 4 is 23.4 Å². The molecule has 0 amide bonds. The van der Waals surface area contributed by atoms with Gasteiger partial charge in [-0.3, -0.25) is 0 Å². The molecule has 0 spiro atoms. The highest BCUT2D eigenvalue weighted by Crippen LogP contribution is 2.19. The Hall–Kier alpha value is -1.03. The van der Waals surface area contributed by atoms with E-state index < -0.39 is 0 Å². The highest BCUT2D eigenvalue weighted by atomic mass is 35.5. The number of nitrogens with zero attached hydrogens (tertiary/aromatic N) is 3. The number of aromatic nitrogens is 2. The smallest absolute Gasteiger partial charge is 0.228 e. The predicted octanol–water partition coefficient (Wildman–Crippen LogP) is 1.70. The van der Waals surface area contributed by atoms with Crippen molar-refractivity contribution in [3.8, 4) is 0 Å². The molecule has 5 heteroatoms. The van der Waals surface area contributed by atoms with Crippen molar-refractivity contribution in [1.82, 2.24) is 9.97 Å². The Bertz CT molecular complexity index is 302. The van der Waals surface area contributed by atoms with E-state index in [4.69, 9.17) is 17.3 Å². The summed E-state index contributed by atoms with van der Waals surface area (Å²) in [5.41, 5.74) is 5.60. The van der Waals surface area contributed by atoms with Gasteiger partial charge < -0.3 is 10.6 Å². The molecule has 14 heavy (non-hydrogen) atoms. The first-order valence-corrected chi connectivity index (χ1v) is 5.18. The number of anilines is 2. The van der Waals surface area contributed by atoms with Gasteiger partial charge in [-0.25, -0.2) is 4.98 Å². The van der Waals surface area contributed by atoms with Gasteiger partial charge in [0.2, 0.25) is 5.95 Å². The largest absolute Gasteiger partial charge is 0.383 e. The minimum Gasteiger partial charge on any atom is -0.383 e. The second-order valence-electron chi connectivity index (χ2n) is 3.46. The predicted molar refractivity (Wildman–Crippen MR) is 57.5 cm³/mol. The first-order chi connectivity index (χ1) is 6.75. The molecule has 0 saturated carbocycles. The number of nitrogen functional groups attached to an aromatic ring is 1. The number of nitrogens with two attached hydrogens (primary N) is 1. The van der Waals surface area contributed by atoms with Crippen LogP contribution in [0.25, 0.3) is 0 Å². The van der Waals surface area contributed by atoms with Crippen LogP contribution in [0.15, 0.2) is 6.07 Å². The maximum absolute atomic E-state index is 5.81. The summed E-state index contributed by atoms with van der Waals surface area (Å²) in [5.74, 6) is 1.10. The number of hydrogen-bond acceptors (Lipinski definition) is 4. The molecule has 1 saturated heterocycles.